The van der Waals surface area contributed by atoms with Crippen LogP contribution in [0.25, 0.3) is 0 Å². The van der Waals surface area contributed by atoms with Crippen LogP contribution in [0.15, 0.2) is 53.4 Å². The molecule has 0 radical (unpaired) electrons. The maximum atomic E-state index is 12.3. The fraction of sp³-hybridized carbons (Fsp3) is 0.316. The molecule has 1 aliphatic heterocycles. The first-order valence-electron chi connectivity index (χ1n) is 8.53. The summed E-state index contributed by atoms with van der Waals surface area (Å²) in [6, 6.07) is 14.3. The van der Waals surface area contributed by atoms with E-state index >= 15 is 0 Å². The van der Waals surface area contributed by atoms with E-state index in [0.29, 0.717) is 18.1 Å². The number of hydrogen-bond donors (Lipinski definition) is 1. The highest BCUT2D eigenvalue weighted by Gasteiger charge is 2.19. The van der Waals surface area contributed by atoms with Crippen LogP contribution < -0.4 is 10.2 Å². The van der Waals surface area contributed by atoms with E-state index in [1.807, 2.05) is 12.1 Å². The third kappa shape index (κ3) is 4.56. The van der Waals surface area contributed by atoms with E-state index in [2.05, 4.69) is 22.3 Å². The monoisotopic (exact) mass is 392 g/mol. The average Bonchev–Trinajstić information content (AvgIpc) is 3.03. The van der Waals surface area contributed by atoms with Crippen molar-refractivity contribution in [3.8, 4) is 0 Å². The van der Waals surface area contributed by atoms with Gasteiger partial charge in [0.15, 0.2) is 9.84 Å². The van der Waals surface area contributed by atoms with Gasteiger partial charge in [-0.1, -0.05) is 35.9 Å². The number of nitrogens with one attached hydrogen (secondary N) is 1. The van der Waals surface area contributed by atoms with Crippen molar-refractivity contribution in [2.45, 2.75) is 17.7 Å². The van der Waals surface area contributed by atoms with Crippen LogP contribution in [0.4, 0.5) is 5.69 Å². The van der Waals surface area contributed by atoms with Gasteiger partial charge in [-0.25, -0.2) is 8.42 Å². The number of carbonyl (C=O) groups excluding carboxylic acids is 1. The predicted molar refractivity (Wildman–Crippen MR) is 103 cm³/mol. The van der Waals surface area contributed by atoms with Gasteiger partial charge in [0, 0.05) is 36.8 Å². The van der Waals surface area contributed by atoms with Crippen molar-refractivity contribution in [2.75, 3.05) is 30.3 Å². The van der Waals surface area contributed by atoms with Crippen LogP contribution in [0.5, 0.6) is 0 Å². The number of sulfone groups is 1. The summed E-state index contributed by atoms with van der Waals surface area (Å²) in [5.41, 5.74) is 2.54. The second-order valence-corrected chi connectivity index (χ2v) is 8.79. The smallest absolute Gasteiger partial charge is 0.221 e. The number of nitrogens with zero attached hydrogens (tertiary/aromatic N) is 1. The molecule has 0 saturated heterocycles. The zero-order chi connectivity index (χ0) is 18.6. The molecule has 0 fully saturated rings. The van der Waals surface area contributed by atoms with Crippen molar-refractivity contribution in [1.82, 2.24) is 5.32 Å². The Morgan fingerprint density at radius 1 is 1.15 bits per heavy atom. The standard InChI is InChI=1S/C19H21ClN2O3S/c20-16-5-3-6-17(14-16)26(24,25)13-9-19(23)21-10-12-22-11-8-15-4-1-2-7-18(15)22/h1-7,14H,8-13H2,(H,21,23). The van der Waals surface area contributed by atoms with Gasteiger partial charge in [-0.05, 0) is 36.2 Å². The Kier molecular flexibility index (Phi) is 5.84. The molecule has 0 bridgehead atoms. The van der Waals surface area contributed by atoms with Gasteiger partial charge in [-0.2, -0.15) is 0 Å². The topological polar surface area (TPSA) is 66.5 Å². The number of carbonyl (C=O) groups is 1. The third-order valence-corrected chi connectivity index (χ3v) is 6.39. The maximum absolute atomic E-state index is 12.3. The lowest BCUT2D eigenvalue weighted by Crippen LogP contribution is -2.34. The van der Waals surface area contributed by atoms with Crippen LogP contribution in [0, 0.1) is 0 Å². The molecule has 0 spiro atoms. The van der Waals surface area contributed by atoms with E-state index in [9.17, 15) is 13.2 Å². The van der Waals surface area contributed by atoms with Gasteiger partial charge < -0.3 is 10.2 Å². The van der Waals surface area contributed by atoms with Crippen LogP contribution in [0.3, 0.4) is 0 Å². The second kappa shape index (κ2) is 8.10. The van der Waals surface area contributed by atoms with Gasteiger partial charge in [0.25, 0.3) is 0 Å². The number of halogens is 1. The van der Waals surface area contributed by atoms with Crippen molar-refractivity contribution in [3.05, 3.63) is 59.1 Å². The lowest BCUT2D eigenvalue weighted by Gasteiger charge is -2.19. The molecule has 3 rings (SSSR count). The predicted octanol–water partition coefficient (Wildman–Crippen LogP) is 2.68. The minimum Gasteiger partial charge on any atom is -0.369 e. The Hall–Kier alpha value is -2.05. The van der Waals surface area contributed by atoms with Gasteiger partial charge in [-0.15, -0.1) is 0 Å². The lowest BCUT2D eigenvalue weighted by molar-refractivity contribution is -0.120. The van der Waals surface area contributed by atoms with E-state index in [4.69, 9.17) is 11.6 Å². The molecule has 1 N–H and O–H groups in total. The summed E-state index contributed by atoms with van der Waals surface area (Å²) in [7, 11) is -3.51. The van der Waals surface area contributed by atoms with Crippen molar-refractivity contribution in [1.29, 1.82) is 0 Å². The molecule has 0 unspecified atom stereocenters. The van der Waals surface area contributed by atoms with E-state index in [1.54, 1.807) is 12.1 Å². The Balaban J connectivity index is 1.45. The number of hydrogen-bond acceptors (Lipinski definition) is 4. The average molecular weight is 393 g/mol. The van der Waals surface area contributed by atoms with Crippen molar-refractivity contribution in [2.24, 2.45) is 0 Å². The molecule has 1 amide bonds. The van der Waals surface area contributed by atoms with Gasteiger partial charge in [0.2, 0.25) is 5.91 Å². The molecule has 1 aliphatic rings. The Morgan fingerprint density at radius 2 is 1.96 bits per heavy atom. The quantitative estimate of drug-likeness (QED) is 0.786. The van der Waals surface area contributed by atoms with Crippen molar-refractivity contribution >= 4 is 33.0 Å². The Labute approximate surface area is 158 Å². The normalized spacial score (nSPS) is 13.5. The van der Waals surface area contributed by atoms with E-state index in [1.165, 1.54) is 23.4 Å². The van der Waals surface area contributed by atoms with Crippen molar-refractivity contribution < 1.29 is 13.2 Å². The fourth-order valence-corrected chi connectivity index (χ4v) is 4.60. The molecule has 138 valence electrons. The minimum absolute atomic E-state index is 0.0641. The molecule has 7 heteroatoms. The number of rotatable bonds is 7. The zero-order valence-corrected chi connectivity index (χ0v) is 15.9. The SMILES string of the molecule is O=C(CCS(=O)(=O)c1cccc(Cl)c1)NCCN1CCc2ccccc21. The number of fused-ring (bicyclic) bond motifs is 1. The number of para-hydroxylation sites is 1. The summed E-state index contributed by atoms with van der Waals surface area (Å²) in [6.45, 7) is 2.15. The molecule has 0 saturated carbocycles. The molecule has 0 aromatic heterocycles. The van der Waals surface area contributed by atoms with E-state index in [-0.39, 0.29) is 23.0 Å². The van der Waals surface area contributed by atoms with Crippen LogP contribution in [0.2, 0.25) is 5.02 Å². The number of amides is 1. The fourth-order valence-electron chi connectivity index (χ4n) is 3.06. The Morgan fingerprint density at radius 3 is 2.77 bits per heavy atom. The third-order valence-electron chi connectivity index (χ3n) is 4.44. The lowest BCUT2D eigenvalue weighted by atomic mass is 10.2. The zero-order valence-electron chi connectivity index (χ0n) is 14.3. The Bertz CT molecular complexity index is 899. The molecule has 0 aliphatic carbocycles. The summed E-state index contributed by atoms with van der Waals surface area (Å²) in [4.78, 5) is 14.4. The second-order valence-electron chi connectivity index (χ2n) is 6.24. The number of benzene rings is 2. The molecule has 2 aromatic rings. The first kappa shape index (κ1) is 18.7. The summed E-state index contributed by atoms with van der Waals surface area (Å²) in [5.74, 6) is -0.491. The first-order chi connectivity index (χ1) is 12.5. The summed E-state index contributed by atoms with van der Waals surface area (Å²) in [6.07, 6.45) is 0.952. The minimum atomic E-state index is -3.51. The van der Waals surface area contributed by atoms with Gasteiger partial charge in [0.1, 0.15) is 0 Å². The molecular weight excluding hydrogens is 372 g/mol. The van der Waals surface area contributed by atoms with Gasteiger partial charge in [0.05, 0.1) is 10.6 Å². The highest BCUT2D eigenvalue weighted by Crippen LogP contribution is 2.26. The van der Waals surface area contributed by atoms with Crippen LogP contribution in [-0.4, -0.2) is 39.7 Å². The number of anilines is 1. The largest absolute Gasteiger partial charge is 0.369 e. The first-order valence-corrected chi connectivity index (χ1v) is 10.6. The van der Waals surface area contributed by atoms with E-state index < -0.39 is 9.84 Å². The summed E-state index contributed by atoms with van der Waals surface area (Å²) in [5, 5.41) is 3.17. The van der Waals surface area contributed by atoms with Gasteiger partial charge >= 0.3 is 0 Å². The van der Waals surface area contributed by atoms with Gasteiger partial charge in [-0.3, -0.25) is 4.79 Å². The maximum Gasteiger partial charge on any atom is 0.221 e. The molecular formula is C19H21ClN2O3S. The van der Waals surface area contributed by atoms with Crippen LogP contribution in [-0.2, 0) is 21.1 Å². The van der Waals surface area contributed by atoms with E-state index in [0.717, 1.165) is 13.0 Å². The molecule has 0 atom stereocenters. The van der Waals surface area contributed by atoms with Crippen LogP contribution >= 0.6 is 11.6 Å². The molecule has 2 aromatic carbocycles. The molecule has 1 heterocycles. The highest BCUT2D eigenvalue weighted by atomic mass is 35.5. The summed E-state index contributed by atoms with van der Waals surface area (Å²) < 4.78 is 24.5. The highest BCUT2D eigenvalue weighted by molar-refractivity contribution is 7.91. The van der Waals surface area contributed by atoms with Crippen molar-refractivity contribution in [3.63, 3.8) is 0 Å². The molecule has 26 heavy (non-hydrogen) atoms. The molecule has 5 nitrogen and oxygen atoms in total. The summed E-state index contributed by atoms with van der Waals surface area (Å²) >= 11 is 5.83. The van der Waals surface area contributed by atoms with Crippen LogP contribution in [0.1, 0.15) is 12.0 Å².